The van der Waals surface area contributed by atoms with Crippen LogP contribution in [0.1, 0.15) is 74.1 Å². The molecule has 336 valence electrons. The number of carbonyl (C=O) groups is 4. The summed E-state index contributed by atoms with van der Waals surface area (Å²) in [5.41, 5.74) is 1.10. The number of amides is 4. The molecule has 2 saturated heterocycles. The standard InChI is InChI=1S/2C21H24F3N3O4/c2*1-2-3-11-6-7-14-17-16(18(29)25-10-21(22,23)24)13(9-28)15(8-26(14)19(11)30)27(17)20(31)12-4-5-12/h2*2-3,6-7,12-13,15-17,28H,4-5,8-10H2,1H3,(H,25,29)/b3-2+;3-2-/t2*13-,15-,16+,17+/m11/s1. The fourth-order valence-electron chi connectivity index (χ4n) is 9.76. The van der Waals surface area contributed by atoms with E-state index < -0.39 is 98.3 Å². The zero-order valence-corrected chi connectivity index (χ0v) is 33.9. The summed E-state index contributed by atoms with van der Waals surface area (Å²) in [6.45, 7) is -0.249. The summed E-state index contributed by atoms with van der Waals surface area (Å²) in [7, 11) is 0. The SMILES string of the molecule is C/C=C/c1ccc2n(c1=O)C[C@@H]1[C@@H](CO)[C@H](C(=O)NCC(F)(F)F)[C@H]2N1C(=O)C1CC1.C/C=C\c1ccc2n(c1=O)C[C@@H]1[C@@H](CO)[C@H](C(=O)NCC(F)(F)F)[C@H]2N1C(=O)C1CC1. The van der Waals surface area contributed by atoms with Gasteiger partial charge in [-0.05, 0) is 63.8 Å². The highest BCUT2D eigenvalue weighted by molar-refractivity contribution is 5.87. The maximum absolute atomic E-state index is 13.1. The number of rotatable bonds is 10. The average molecular weight is 879 g/mol. The Hall–Kier alpha value is -5.24. The molecule has 6 aliphatic rings. The molecule has 2 saturated carbocycles. The lowest BCUT2D eigenvalue weighted by atomic mass is 9.86. The molecule has 4 amide bonds. The van der Waals surface area contributed by atoms with E-state index in [-0.39, 0.29) is 47.9 Å². The molecule has 0 radical (unpaired) electrons. The smallest absolute Gasteiger partial charge is 0.396 e. The number of aliphatic hydroxyl groups is 2. The van der Waals surface area contributed by atoms with Crippen LogP contribution in [0, 0.1) is 35.5 Å². The molecule has 2 aliphatic carbocycles. The quantitative estimate of drug-likeness (QED) is 0.263. The summed E-state index contributed by atoms with van der Waals surface area (Å²) in [6.07, 6.45) is 0.435. The molecule has 14 nitrogen and oxygen atoms in total. The van der Waals surface area contributed by atoms with Crippen molar-refractivity contribution in [2.24, 2.45) is 35.5 Å². The number of allylic oxidation sites excluding steroid dienone is 2. The lowest BCUT2D eigenvalue weighted by molar-refractivity contribution is -0.143. The summed E-state index contributed by atoms with van der Waals surface area (Å²) in [5, 5.41) is 23.9. The predicted molar refractivity (Wildman–Crippen MR) is 209 cm³/mol. The van der Waals surface area contributed by atoms with Crippen molar-refractivity contribution in [1.29, 1.82) is 0 Å². The maximum Gasteiger partial charge on any atom is 0.405 e. The van der Waals surface area contributed by atoms with E-state index in [4.69, 9.17) is 0 Å². The number of nitrogens with zero attached hydrogens (tertiary/aromatic N) is 4. The second kappa shape index (κ2) is 17.1. The Morgan fingerprint density at radius 1 is 0.645 bits per heavy atom. The number of aliphatic hydroxyl groups excluding tert-OH is 2. The van der Waals surface area contributed by atoms with E-state index in [1.165, 1.54) is 9.13 Å². The number of fused-ring (bicyclic) bond motifs is 8. The van der Waals surface area contributed by atoms with Gasteiger partial charge in [0, 0.05) is 72.5 Å². The minimum atomic E-state index is -4.59. The summed E-state index contributed by atoms with van der Waals surface area (Å²) in [4.78, 5) is 80.9. The molecule has 2 aromatic heterocycles. The molecule has 0 aromatic carbocycles. The van der Waals surface area contributed by atoms with Gasteiger partial charge in [-0.3, -0.25) is 28.8 Å². The van der Waals surface area contributed by atoms with Gasteiger partial charge in [-0.1, -0.05) is 24.3 Å². The van der Waals surface area contributed by atoms with E-state index in [0.717, 1.165) is 25.7 Å². The number of aromatic nitrogens is 2. The highest BCUT2D eigenvalue weighted by Crippen LogP contribution is 2.52. The van der Waals surface area contributed by atoms with Crippen LogP contribution in [0.25, 0.3) is 12.2 Å². The van der Waals surface area contributed by atoms with Gasteiger partial charge in [0.25, 0.3) is 11.1 Å². The van der Waals surface area contributed by atoms with Crippen LogP contribution < -0.4 is 21.8 Å². The maximum atomic E-state index is 13.1. The Kier molecular flexibility index (Phi) is 12.4. The second-order valence-corrected chi connectivity index (χ2v) is 16.7. The Morgan fingerprint density at radius 2 is 1.00 bits per heavy atom. The Balaban J connectivity index is 0.000000186. The molecule has 6 heterocycles. The van der Waals surface area contributed by atoms with Gasteiger partial charge < -0.3 is 39.8 Å². The van der Waals surface area contributed by atoms with Crippen molar-refractivity contribution in [1.82, 2.24) is 29.6 Å². The van der Waals surface area contributed by atoms with Gasteiger partial charge in [-0.15, -0.1) is 0 Å². The molecule has 4 bridgehead atoms. The summed E-state index contributed by atoms with van der Waals surface area (Å²) >= 11 is 0. The van der Waals surface area contributed by atoms with E-state index in [9.17, 15) is 65.3 Å². The number of alkyl halides is 6. The third-order valence-electron chi connectivity index (χ3n) is 12.7. The number of pyridine rings is 2. The zero-order chi connectivity index (χ0) is 45.0. The Labute approximate surface area is 351 Å². The minimum absolute atomic E-state index is 0.0861. The molecule has 0 unspecified atom stereocenters. The first kappa shape index (κ1) is 44.8. The minimum Gasteiger partial charge on any atom is -0.396 e. The molecular weight excluding hydrogens is 830 g/mol. The van der Waals surface area contributed by atoms with Gasteiger partial charge in [0.05, 0.1) is 36.0 Å². The van der Waals surface area contributed by atoms with Crippen LogP contribution in [-0.4, -0.2) is 104 Å². The normalized spacial score (nSPS) is 27.5. The summed E-state index contributed by atoms with van der Waals surface area (Å²) in [6, 6.07) is 3.39. The third kappa shape index (κ3) is 8.46. The van der Waals surface area contributed by atoms with E-state index in [0.29, 0.717) is 22.5 Å². The molecule has 20 heteroatoms. The molecule has 8 atom stereocenters. The van der Waals surface area contributed by atoms with Gasteiger partial charge in [0.2, 0.25) is 23.6 Å². The first-order chi connectivity index (χ1) is 29.3. The van der Waals surface area contributed by atoms with Crippen molar-refractivity contribution in [3.8, 4) is 0 Å². The number of nitrogens with one attached hydrogen (secondary N) is 2. The Morgan fingerprint density at radius 3 is 1.29 bits per heavy atom. The molecular formula is C42H48F6N6O8. The van der Waals surface area contributed by atoms with Crippen LogP contribution in [0.5, 0.6) is 0 Å². The van der Waals surface area contributed by atoms with Gasteiger partial charge >= 0.3 is 12.4 Å². The van der Waals surface area contributed by atoms with Crippen molar-refractivity contribution in [3.63, 3.8) is 0 Å². The van der Waals surface area contributed by atoms with E-state index in [1.807, 2.05) is 10.6 Å². The highest BCUT2D eigenvalue weighted by Gasteiger charge is 2.60. The lowest BCUT2D eigenvalue weighted by Gasteiger charge is -2.38. The van der Waals surface area contributed by atoms with Crippen molar-refractivity contribution in [2.45, 2.75) is 89.1 Å². The summed E-state index contributed by atoms with van der Waals surface area (Å²) in [5.74, 6) is -6.17. The first-order valence-corrected chi connectivity index (χ1v) is 20.6. The monoisotopic (exact) mass is 878 g/mol. The molecule has 62 heavy (non-hydrogen) atoms. The average Bonchev–Trinajstić information content (AvgIpc) is 4.16. The number of hydrogen-bond donors (Lipinski definition) is 4. The third-order valence-corrected chi connectivity index (χ3v) is 12.7. The van der Waals surface area contributed by atoms with Crippen molar-refractivity contribution >= 4 is 35.8 Å². The number of halogens is 6. The van der Waals surface area contributed by atoms with Crippen LogP contribution >= 0.6 is 0 Å². The number of carbonyl (C=O) groups excluding carboxylic acids is 4. The second-order valence-electron chi connectivity index (χ2n) is 16.7. The predicted octanol–water partition coefficient (Wildman–Crippen LogP) is 2.92. The highest BCUT2D eigenvalue weighted by atomic mass is 19.4. The van der Waals surface area contributed by atoms with Crippen molar-refractivity contribution in [3.05, 3.63) is 79.6 Å². The summed E-state index contributed by atoms with van der Waals surface area (Å²) < 4.78 is 79.2. The molecule has 0 spiro atoms. The largest absolute Gasteiger partial charge is 0.405 e. The van der Waals surface area contributed by atoms with Crippen LogP contribution in [-0.2, 0) is 32.3 Å². The fourth-order valence-corrected chi connectivity index (χ4v) is 9.76. The van der Waals surface area contributed by atoms with Crippen LogP contribution in [0.15, 0.2) is 46.0 Å². The van der Waals surface area contributed by atoms with Crippen LogP contribution in [0.3, 0.4) is 0 Å². The van der Waals surface area contributed by atoms with Gasteiger partial charge in [-0.25, -0.2) is 0 Å². The number of hydrogen-bond acceptors (Lipinski definition) is 8. The lowest BCUT2D eigenvalue weighted by Crippen LogP contribution is -2.50. The zero-order valence-electron chi connectivity index (χ0n) is 33.9. The van der Waals surface area contributed by atoms with E-state index in [2.05, 4.69) is 0 Å². The van der Waals surface area contributed by atoms with E-state index in [1.54, 1.807) is 72.2 Å². The Bertz CT molecular complexity index is 2120. The topological polar surface area (TPSA) is 183 Å². The van der Waals surface area contributed by atoms with Crippen molar-refractivity contribution < 1.29 is 55.7 Å². The van der Waals surface area contributed by atoms with Gasteiger partial charge in [0.15, 0.2) is 0 Å². The van der Waals surface area contributed by atoms with Gasteiger partial charge in [0.1, 0.15) is 13.1 Å². The fraction of sp³-hybridized carbons (Fsp3) is 0.571. The van der Waals surface area contributed by atoms with Crippen molar-refractivity contribution in [2.75, 3.05) is 26.3 Å². The molecule has 8 rings (SSSR count). The molecule has 2 aromatic rings. The molecule has 4 aliphatic heterocycles. The van der Waals surface area contributed by atoms with E-state index >= 15 is 0 Å². The first-order valence-electron chi connectivity index (χ1n) is 20.6. The van der Waals surface area contributed by atoms with Crippen LogP contribution in [0.2, 0.25) is 0 Å². The molecule has 4 N–H and O–H groups in total. The molecule has 4 fully saturated rings. The van der Waals surface area contributed by atoms with Gasteiger partial charge in [-0.2, -0.15) is 26.3 Å². The van der Waals surface area contributed by atoms with Crippen LogP contribution in [0.4, 0.5) is 26.3 Å².